The first kappa shape index (κ1) is 17.5. The van der Waals surface area contributed by atoms with Gasteiger partial charge in [0.1, 0.15) is 0 Å². The average Bonchev–Trinajstić information content (AvgIpc) is 2.29. The molecule has 116 valence electrons. The van der Waals surface area contributed by atoms with Gasteiger partial charge >= 0.3 is 0 Å². The highest BCUT2D eigenvalue weighted by molar-refractivity contribution is 5.96. The molecular formula is C15H22ClN3O2. The van der Waals surface area contributed by atoms with Crippen LogP contribution in [-0.4, -0.2) is 31.4 Å². The summed E-state index contributed by atoms with van der Waals surface area (Å²) in [5.41, 5.74) is 4.07. The Morgan fingerprint density at radius 1 is 1.19 bits per heavy atom. The molecule has 5 nitrogen and oxygen atoms in total. The van der Waals surface area contributed by atoms with E-state index < -0.39 is 0 Å². The molecule has 0 bridgehead atoms. The molecule has 1 aromatic rings. The van der Waals surface area contributed by atoms with Crippen molar-refractivity contribution in [2.45, 2.75) is 20.8 Å². The van der Waals surface area contributed by atoms with E-state index >= 15 is 0 Å². The Labute approximate surface area is 131 Å². The largest absolute Gasteiger partial charge is 0.347 e. The van der Waals surface area contributed by atoms with E-state index in [0.29, 0.717) is 13.1 Å². The third-order valence-electron chi connectivity index (χ3n) is 3.52. The Morgan fingerprint density at radius 2 is 1.76 bits per heavy atom. The molecule has 1 heterocycles. The van der Waals surface area contributed by atoms with Crippen molar-refractivity contribution in [1.82, 2.24) is 10.6 Å². The molecule has 0 spiro atoms. The summed E-state index contributed by atoms with van der Waals surface area (Å²) < 4.78 is 0. The predicted molar refractivity (Wildman–Crippen MR) is 85.9 cm³/mol. The first-order valence-corrected chi connectivity index (χ1v) is 6.83. The summed E-state index contributed by atoms with van der Waals surface area (Å²) in [6, 6.07) is 4.06. The maximum absolute atomic E-state index is 11.9. The number of hydrogen-bond donors (Lipinski definition) is 3. The number of anilines is 1. The molecule has 0 aromatic heterocycles. The van der Waals surface area contributed by atoms with Gasteiger partial charge in [-0.1, -0.05) is 17.7 Å². The lowest BCUT2D eigenvalue weighted by atomic mass is 10.0. The second-order valence-corrected chi connectivity index (χ2v) is 5.39. The molecule has 0 atom stereocenters. The Kier molecular flexibility index (Phi) is 6.18. The Bertz CT molecular complexity index is 519. The van der Waals surface area contributed by atoms with Crippen LogP contribution in [0.15, 0.2) is 12.1 Å². The fourth-order valence-electron chi connectivity index (χ4n) is 2.35. The van der Waals surface area contributed by atoms with Crippen molar-refractivity contribution in [3.63, 3.8) is 0 Å². The van der Waals surface area contributed by atoms with Crippen LogP contribution in [0, 0.1) is 26.7 Å². The van der Waals surface area contributed by atoms with Crippen molar-refractivity contribution in [2.24, 2.45) is 5.92 Å². The molecular weight excluding hydrogens is 290 g/mol. The molecule has 6 heteroatoms. The molecule has 2 rings (SSSR count). The minimum atomic E-state index is -0.194. The second kappa shape index (κ2) is 7.43. The summed E-state index contributed by atoms with van der Waals surface area (Å²) >= 11 is 0. The van der Waals surface area contributed by atoms with Crippen LogP contribution in [0.2, 0.25) is 0 Å². The van der Waals surface area contributed by atoms with Gasteiger partial charge in [0.15, 0.2) is 0 Å². The van der Waals surface area contributed by atoms with E-state index in [9.17, 15) is 9.59 Å². The topological polar surface area (TPSA) is 70.2 Å². The Hall–Kier alpha value is -1.59. The maximum Gasteiger partial charge on any atom is 0.243 e. The maximum atomic E-state index is 11.9. The molecule has 1 fully saturated rings. The summed E-state index contributed by atoms with van der Waals surface area (Å²) in [7, 11) is 0. The fraction of sp³-hybridized carbons (Fsp3) is 0.467. The smallest absolute Gasteiger partial charge is 0.243 e. The van der Waals surface area contributed by atoms with Crippen LogP contribution < -0.4 is 16.0 Å². The molecule has 3 N–H and O–H groups in total. The highest BCUT2D eigenvalue weighted by Crippen LogP contribution is 2.21. The first-order valence-electron chi connectivity index (χ1n) is 6.83. The quantitative estimate of drug-likeness (QED) is 0.785. The molecule has 21 heavy (non-hydrogen) atoms. The van der Waals surface area contributed by atoms with Crippen molar-refractivity contribution < 1.29 is 9.59 Å². The highest BCUT2D eigenvalue weighted by atomic mass is 35.5. The number of carbonyl (C=O) groups is 2. The fourth-order valence-corrected chi connectivity index (χ4v) is 2.35. The van der Waals surface area contributed by atoms with Crippen LogP contribution in [-0.2, 0) is 9.59 Å². The standard InChI is InChI=1S/C15H21N3O2.ClH/c1-9-4-10(2)14(11(3)5-9)18-13(19)8-17-15(20)12-6-16-7-12;/h4-5,12,16H,6-8H2,1-3H3,(H,17,20)(H,18,19);1H. The van der Waals surface area contributed by atoms with Gasteiger partial charge in [-0.25, -0.2) is 0 Å². The van der Waals surface area contributed by atoms with Gasteiger partial charge in [-0.3, -0.25) is 9.59 Å². The minimum Gasteiger partial charge on any atom is -0.347 e. The molecule has 2 amide bonds. The van der Waals surface area contributed by atoms with Crippen molar-refractivity contribution in [2.75, 3.05) is 25.0 Å². The average molecular weight is 312 g/mol. The van der Waals surface area contributed by atoms with E-state index in [0.717, 1.165) is 16.8 Å². The summed E-state index contributed by atoms with van der Waals surface area (Å²) in [5, 5.41) is 8.56. The minimum absolute atomic E-state index is 0. The van der Waals surface area contributed by atoms with Gasteiger partial charge in [0.2, 0.25) is 11.8 Å². The van der Waals surface area contributed by atoms with Gasteiger partial charge in [-0.05, 0) is 31.9 Å². The zero-order chi connectivity index (χ0) is 14.7. The normalized spacial score (nSPS) is 13.9. The van der Waals surface area contributed by atoms with Gasteiger partial charge in [-0.15, -0.1) is 12.4 Å². The Balaban J connectivity index is 0.00000220. The number of carbonyl (C=O) groups excluding carboxylic acids is 2. The van der Waals surface area contributed by atoms with Crippen molar-refractivity contribution in [3.05, 3.63) is 28.8 Å². The zero-order valence-corrected chi connectivity index (χ0v) is 13.4. The number of amides is 2. The number of nitrogens with one attached hydrogen (secondary N) is 3. The lowest BCUT2D eigenvalue weighted by Gasteiger charge is -2.25. The molecule has 1 aliphatic heterocycles. The third-order valence-corrected chi connectivity index (χ3v) is 3.52. The summed E-state index contributed by atoms with van der Waals surface area (Å²) in [6.07, 6.45) is 0. The van der Waals surface area contributed by atoms with Gasteiger partial charge in [0.25, 0.3) is 0 Å². The third kappa shape index (κ3) is 4.44. The van der Waals surface area contributed by atoms with E-state index in [1.807, 2.05) is 32.9 Å². The summed E-state index contributed by atoms with van der Waals surface area (Å²) in [6.45, 7) is 7.37. The molecule has 0 radical (unpaired) electrons. The molecule has 0 saturated carbocycles. The van der Waals surface area contributed by atoms with Crippen molar-refractivity contribution in [1.29, 1.82) is 0 Å². The monoisotopic (exact) mass is 311 g/mol. The van der Waals surface area contributed by atoms with Crippen LogP contribution in [0.4, 0.5) is 5.69 Å². The molecule has 1 aliphatic rings. The lowest BCUT2D eigenvalue weighted by Crippen LogP contribution is -2.51. The van der Waals surface area contributed by atoms with Gasteiger partial charge in [0, 0.05) is 18.8 Å². The zero-order valence-electron chi connectivity index (χ0n) is 12.6. The number of aryl methyl sites for hydroxylation is 3. The summed E-state index contributed by atoms with van der Waals surface area (Å²) in [4.78, 5) is 23.5. The predicted octanol–water partition coefficient (Wildman–Crippen LogP) is 1.31. The van der Waals surface area contributed by atoms with Crippen LogP contribution in [0.3, 0.4) is 0 Å². The van der Waals surface area contributed by atoms with Gasteiger partial charge in [-0.2, -0.15) is 0 Å². The summed E-state index contributed by atoms with van der Waals surface area (Å²) in [5.74, 6) is -0.248. The van der Waals surface area contributed by atoms with Gasteiger partial charge in [0.05, 0.1) is 12.5 Å². The van der Waals surface area contributed by atoms with Crippen molar-refractivity contribution in [3.8, 4) is 0 Å². The van der Waals surface area contributed by atoms with Crippen LogP contribution >= 0.6 is 12.4 Å². The second-order valence-electron chi connectivity index (χ2n) is 5.39. The van der Waals surface area contributed by atoms with E-state index in [1.165, 1.54) is 5.56 Å². The molecule has 1 saturated heterocycles. The SMILES string of the molecule is Cc1cc(C)c(NC(=O)CNC(=O)C2CNC2)c(C)c1.Cl. The van der Waals surface area contributed by atoms with Crippen LogP contribution in [0.25, 0.3) is 0 Å². The highest BCUT2D eigenvalue weighted by Gasteiger charge is 2.24. The number of rotatable bonds is 4. The number of benzene rings is 1. The lowest BCUT2D eigenvalue weighted by molar-refractivity contribution is -0.128. The van der Waals surface area contributed by atoms with E-state index in [-0.39, 0.29) is 36.7 Å². The molecule has 0 aliphatic carbocycles. The number of halogens is 1. The molecule has 0 unspecified atom stereocenters. The molecule has 1 aromatic carbocycles. The van der Waals surface area contributed by atoms with E-state index in [2.05, 4.69) is 16.0 Å². The van der Waals surface area contributed by atoms with E-state index in [4.69, 9.17) is 0 Å². The number of hydrogen-bond acceptors (Lipinski definition) is 3. The Morgan fingerprint density at radius 3 is 2.24 bits per heavy atom. The van der Waals surface area contributed by atoms with Crippen molar-refractivity contribution >= 4 is 29.9 Å². The van der Waals surface area contributed by atoms with Gasteiger partial charge < -0.3 is 16.0 Å². The van der Waals surface area contributed by atoms with Crippen LogP contribution in [0.1, 0.15) is 16.7 Å². The van der Waals surface area contributed by atoms with E-state index in [1.54, 1.807) is 0 Å². The first-order chi connectivity index (χ1) is 9.47. The van der Waals surface area contributed by atoms with Crippen LogP contribution in [0.5, 0.6) is 0 Å².